The number of carbonyl (C=O) groups excluding carboxylic acids is 1. The molecule has 1 heterocycles. The van der Waals surface area contributed by atoms with Crippen molar-refractivity contribution in [3.63, 3.8) is 0 Å². The van der Waals surface area contributed by atoms with E-state index in [4.69, 9.17) is 4.74 Å². The normalized spacial score (nSPS) is 10.3. The molecule has 126 valence electrons. The van der Waals surface area contributed by atoms with Gasteiger partial charge in [-0.25, -0.2) is 4.98 Å². The van der Waals surface area contributed by atoms with Crippen LogP contribution < -0.4 is 15.6 Å². The van der Waals surface area contributed by atoms with Crippen molar-refractivity contribution in [3.8, 4) is 17.0 Å². The first-order valence-corrected chi connectivity index (χ1v) is 7.72. The van der Waals surface area contributed by atoms with Gasteiger partial charge in [0, 0.05) is 11.6 Å². The number of nitrogens with one attached hydrogen (secondary N) is 1. The van der Waals surface area contributed by atoms with Crippen LogP contribution in [0.3, 0.4) is 0 Å². The molecule has 6 nitrogen and oxygen atoms in total. The minimum absolute atomic E-state index is 0.126. The van der Waals surface area contributed by atoms with Crippen molar-refractivity contribution in [2.75, 3.05) is 12.4 Å². The summed E-state index contributed by atoms with van der Waals surface area (Å²) in [6, 6.07) is 17.9. The lowest BCUT2D eigenvalue weighted by Crippen LogP contribution is -2.27. The van der Waals surface area contributed by atoms with E-state index in [9.17, 15) is 9.59 Å². The predicted molar refractivity (Wildman–Crippen MR) is 95.6 cm³/mol. The fourth-order valence-electron chi connectivity index (χ4n) is 2.40. The molecule has 1 aromatic heterocycles. The fraction of sp³-hybridized carbons (Fsp3) is 0.105. The Morgan fingerprint density at radius 1 is 1.12 bits per heavy atom. The Bertz CT molecular complexity index is 936. The Morgan fingerprint density at radius 2 is 1.84 bits per heavy atom. The zero-order valence-corrected chi connectivity index (χ0v) is 13.7. The molecular weight excluding hydrogens is 318 g/mol. The molecule has 0 aliphatic heterocycles. The van der Waals surface area contributed by atoms with E-state index in [1.165, 1.54) is 24.1 Å². The molecule has 0 saturated heterocycles. The molecule has 0 fully saturated rings. The van der Waals surface area contributed by atoms with Gasteiger partial charge in [-0.05, 0) is 12.1 Å². The Balaban J connectivity index is 1.75. The van der Waals surface area contributed by atoms with E-state index in [0.29, 0.717) is 17.1 Å². The van der Waals surface area contributed by atoms with Gasteiger partial charge < -0.3 is 10.1 Å². The maximum Gasteiger partial charge on any atom is 0.254 e. The molecule has 0 saturated carbocycles. The minimum Gasteiger partial charge on any atom is -0.495 e. The molecule has 0 bridgehead atoms. The van der Waals surface area contributed by atoms with E-state index < -0.39 is 0 Å². The number of carbonyl (C=O) groups is 1. The number of ether oxygens (including phenoxy) is 1. The molecule has 0 aliphatic carbocycles. The Kier molecular flexibility index (Phi) is 4.89. The number of para-hydroxylation sites is 2. The van der Waals surface area contributed by atoms with Crippen LogP contribution >= 0.6 is 0 Å². The Hall–Kier alpha value is -3.41. The number of benzene rings is 2. The SMILES string of the molecule is COc1ccccc1NC(=O)Cn1cnc(-c2ccccc2)cc1=O. The molecule has 0 unspecified atom stereocenters. The van der Waals surface area contributed by atoms with Gasteiger partial charge in [0.15, 0.2) is 0 Å². The van der Waals surface area contributed by atoms with E-state index in [-0.39, 0.29) is 18.0 Å². The van der Waals surface area contributed by atoms with E-state index in [1.54, 1.807) is 18.2 Å². The summed E-state index contributed by atoms with van der Waals surface area (Å²) in [4.78, 5) is 28.7. The maximum atomic E-state index is 12.2. The van der Waals surface area contributed by atoms with Crippen LogP contribution in [0.25, 0.3) is 11.3 Å². The van der Waals surface area contributed by atoms with E-state index in [1.807, 2.05) is 36.4 Å². The van der Waals surface area contributed by atoms with Crippen molar-refractivity contribution in [2.24, 2.45) is 0 Å². The first-order chi connectivity index (χ1) is 12.2. The zero-order chi connectivity index (χ0) is 17.6. The van der Waals surface area contributed by atoms with E-state index in [2.05, 4.69) is 10.3 Å². The quantitative estimate of drug-likeness (QED) is 0.778. The summed E-state index contributed by atoms with van der Waals surface area (Å²) in [6.45, 7) is -0.126. The van der Waals surface area contributed by atoms with Gasteiger partial charge in [-0.15, -0.1) is 0 Å². The van der Waals surface area contributed by atoms with Crippen LogP contribution in [0.4, 0.5) is 5.69 Å². The zero-order valence-electron chi connectivity index (χ0n) is 13.7. The van der Waals surface area contributed by atoms with Gasteiger partial charge in [0.1, 0.15) is 12.3 Å². The lowest BCUT2D eigenvalue weighted by atomic mass is 10.1. The van der Waals surface area contributed by atoms with Gasteiger partial charge in [0.05, 0.1) is 24.8 Å². The van der Waals surface area contributed by atoms with E-state index in [0.717, 1.165) is 5.56 Å². The van der Waals surface area contributed by atoms with Crippen LogP contribution in [0, 0.1) is 0 Å². The number of methoxy groups -OCH3 is 1. The number of nitrogens with zero attached hydrogens (tertiary/aromatic N) is 2. The summed E-state index contributed by atoms with van der Waals surface area (Å²) < 4.78 is 6.45. The average molecular weight is 335 g/mol. The Labute approximate surface area is 144 Å². The summed E-state index contributed by atoms with van der Waals surface area (Å²) in [5, 5.41) is 2.73. The summed E-state index contributed by atoms with van der Waals surface area (Å²) in [7, 11) is 1.53. The maximum absolute atomic E-state index is 12.2. The predicted octanol–water partition coefficient (Wildman–Crippen LogP) is 2.56. The molecular formula is C19H17N3O3. The standard InChI is InChI=1S/C19H17N3O3/c1-25-17-10-6-5-9-15(17)21-18(23)12-22-13-20-16(11-19(22)24)14-7-3-2-4-8-14/h2-11,13H,12H2,1H3,(H,21,23). The molecule has 0 radical (unpaired) electrons. The number of hydrogen-bond donors (Lipinski definition) is 1. The van der Waals surface area contributed by atoms with Crippen molar-refractivity contribution in [1.82, 2.24) is 9.55 Å². The molecule has 3 rings (SSSR count). The lowest BCUT2D eigenvalue weighted by molar-refractivity contribution is -0.116. The molecule has 25 heavy (non-hydrogen) atoms. The first kappa shape index (κ1) is 16.4. The number of anilines is 1. The van der Waals surface area contributed by atoms with Crippen molar-refractivity contribution >= 4 is 11.6 Å². The second-order valence-electron chi connectivity index (χ2n) is 5.35. The third kappa shape index (κ3) is 3.92. The monoisotopic (exact) mass is 335 g/mol. The second kappa shape index (κ2) is 7.44. The van der Waals surface area contributed by atoms with Gasteiger partial charge in [0.2, 0.25) is 5.91 Å². The lowest BCUT2D eigenvalue weighted by Gasteiger charge is -2.10. The van der Waals surface area contributed by atoms with Crippen LogP contribution in [0.2, 0.25) is 0 Å². The summed E-state index contributed by atoms with van der Waals surface area (Å²) >= 11 is 0. The van der Waals surface area contributed by atoms with Crippen LogP contribution in [0.15, 0.2) is 71.8 Å². The van der Waals surface area contributed by atoms with Gasteiger partial charge in [0.25, 0.3) is 5.56 Å². The Morgan fingerprint density at radius 3 is 2.56 bits per heavy atom. The molecule has 3 aromatic rings. The number of amides is 1. The van der Waals surface area contributed by atoms with Crippen LogP contribution in [-0.2, 0) is 11.3 Å². The van der Waals surface area contributed by atoms with E-state index >= 15 is 0 Å². The number of hydrogen-bond acceptors (Lipinski definition) is 4. The highest BCUT2D eigenvalue weighted by atomic mass is 16.5. The molecule has 1 N–H and O–H groups in total. The molecule has 2 aromatic carbocycles. The van der Waals surface area contributed by atoms with Crippen LogP contribution in [-0.4, -0.2) is 22.6 Å². The van der Waals surface area contributed by atoms with Gasteiger partial charge in [-0.2, -0.15) is 0 Å². The molecule has 0 spiro atoms. The van der Waals surface area contributed by atoms with Crippen molar-refractivity contribution in [3.05, 3.63) is 77.3 Å². The average Bonchev–Trinajstić information content (AvgIpc) is 2.64. The molecule has 0 atom stereocenters. The molecule has 1 amide bonds. The van der Waals surface area contributed by atoms with Gasteiger partial charge >= 0.3 is 0 Å². The summed E-state index contributed by atoms with van der Waals surface area (Å²) in [6.07, 6.45) is 1.38. The highest BCUT2D eigenvalue weighted by molar-refractivity contribution is 5.92. The highest BCUT2D eigenvalue weighted by Gasteiger charge is 2.09. The van der Waals surface area contributed by atoms with Crippen LogP contribution in [0.5, 0.6) is 5.75 Å². The van der Waals surface area contributed by atoms with Crippen LogP contribution in [0.1, 0.15) is 0 Å². The highest BCUT2D eigenvalue weighted by Crippen LogP contribution is 2.22. The van der Waals surface area contributed by atoms with Crippen molar-refractivity contribution in [2.45, 2.75) is 6.54 Å². The minimum atomic E-state index is -0.333. The molecule has 0 aliphatic rings. The van der Waals surface area contributed by atoms with Gasteiger partial charge in [-0.3, -0.25) is 14.2 Å². The third-order valence-corrected chi connectivity index (χ3v) is 3.64. The smallest absolute Gasteiger partial charge is 0.254 e. The summed E-state index contributed by atoms with van der Waals surface area (Å²) in [5.74, 6) is 0.224. The van der Waals surface area contributed by atoms with Gasteiger partial charge in [-0.1, -0.05) is 42.5 Å². The van der Waals surface area contributed by atoms with Crippen molar-refractivity contribution < 1.29 is 9.53 Å². The summed E-state index contributed by atoms with van der Waals surface area (Å²) in [5.41, 5.74) is 1.69. The third-order valence-electron chi connectivity index (χ3n) is 3.64. The topological polar surface area (TPSA) is 73.2 Å². The number of rotatable bonds is 5. The van der Waals surface area contributed by atoms with Crippen molar-refractivity contribution in [1.29, 1.82) is 0 Å². The largest absolute Gasteiger partial charge is 0.495 e. The second-order valence-corrected chi connectivity index (χ2v) is 5.35. The molecule has 6 heteroatoms. The first-order valence-electron chi connectivity index (χ1n) is 7.72. The number of aromatic nitrogens is 2. The fourth-order valence-corrected chi connectivity index (χ4v) is 2.40.